The Morgan fingerprint density at radius 2 is 1.27 bits per heavy atom. The van der Waals surface area contributed by atoms with Crippen LogP contribution in [0.2, 0.25) is 0 Å². The van der Waals surface area contributed by atoms with Gasteiger partial charge < -0.3 is 9.53 Å². The first-order valence-corrected chi connectivity index (χ1v) is 9.48. The number of ether oxygens (including phenoxy) is 1. The maximum absolute atomic E-state index is 10.6. The lowest BCUT2D eigenvalue weighted by molar-refractivity contribution is -0.116. The molecule has 0 fully saturated rings. The number of hydrogen-bond donors (Lipinski definition) is 0. The van der Waals surface area contributed by atoms with Crippen LogP contribution in [-0.4, -0.2) is 19.5 Å². The number of carbonyl (C=O) groups is 1. The molecule has 1 unspecified atom stereocenters. The summed E-state index contributed by atoms with van der Waals surface area (Å²) < 4.78 is 5.04. The molecule has 0 radical (unpaired) electrons. The molecule has 0 saturated carbocycles. The number of methoxy groups -OCH3 is 1. The lowest BCUT2D eigenvalue weighted by Gasteiger charge is -2.07. The number of rotatable bonds is 17. The number of hydrogen-bond acceptors (Lipinski definition) is 2. The average molecular weight is 311 g/mol. The van der Waals surface area contributed by atoms with E-state index in [4.69, 9.17) is 4.74 Å². The van der Waals surface area contributed by atoms with Crippen molar-refractivity contribution in [2.75, 3.05) is 7.11 Å². The zero-order valence-corrected chi connectivity index (χ0v) is 15.0. The molecule has 0 amide bonds. The second-order valence-corrected chi connectivity index (χ2v) is 6.28. The molecule has 0 bridgehead atoms. The highest BCUT2D eigenvalue weighted by molar-refractivity contribution is 5.55. The fourth-order valence-electron chi connectivity index (χ4n) is 2.66. The molecule has 0 aliphatic carbocycles. The second-order valence-electron chi connectivity index (χ2n) is 6.28. The molecule has 0 aliphatic heterocycles. The summed E-state index contributed by atoms with van der Waals surface area (Å²) in [5, 5.41) is 0. The van der Waals surface area contributed by atoms with E-state index in [9.17, 15) is 4.79 Å². The molecule has 0 rings (SSSR count). The molecule has 22 heavy (non-hydrogen) atoms. The predicted molar refractivity (Wildman–Crippen MR) is 96.3 cm³/mol. The fraction of sp³-hybridized carbons (Fsp3) is 0.850. The number of aldehydes is 1. The summed E-state index contributed by atoms with van der Waals surface area (Å²) >= 11 is 0. The molecule has 0 N–H and O–H groups in total. The number of unbranched alkanes of at least 4 members (excludes halogenated alkanes) is 11. The molecule has 0 aromatic carbocycles. The number of carbonyl (C=O) groups excluding carboxylic acids is 1. The minimum Gasteiger partial charge on any atom is -0.374 e. The molecule has 2 heteroatoms. The Labute approximate surface area is 138 Å². The van der Waals surface area contributed by atoms with Crippen molar-refractivity contribution in [1.29, 1.82) is 0 Å². The van der Waals surface area contributed by atoms with E-state index in [2.05, 4.69) is 19.1 Å². The van der Waals surface area contributed by atoms with Crippen molar-refractivity contribution in [3.63, 3.8) is 0 Å². The topological polar surface area (TPSA) is 26.3 Å². The van der Waals surface area contributed by atoms with E-state index >= 15 is 0 Å². The van der Waals surface area contributed by atoms with Gasteiger partial charge in [0.2, 0.25) is 0 Å². The molecule has 0 aromatic rings. The van der Waals surface area contributed by atoms with Gasteiger partial charge in [0.15, 0.2) is 0 Å². The molecule has 2 nitrogen and oxygen atoms in total. The Bertz CT molecular complexity index is 248. The van der Waals surface area contributed by atoms with E-state index in [0.29, 0.717) is 0 Å². The maximum atomic E-state index is 10.6. The average Bonchev–Trinajstić information content (AvgIpc) is 2.55. The van der Waals surface area contributed by atoms with Crippen molar-refractivity contribution in [2.45, 2.75) is 103 Å². The lowest BCUT2D eigenvalue weighted by atomic mass is 10.1. The molecule has 130 valence electrons. The minimum absolute atomic E-state index is 0.190. The van der Waals surface area contributed by atoms with Crippen LogP contribution in [0.3, 0.4) is 0 Å². The predicted octanol–water partition coefficient (Wildman–Crippen LogP) is 6.24. The molecule has 0 aromatic heterocycles. The van der Waals surface area contributed by atoms with Gasteiger partial charge in [-0.1, -0.05) is 76.9 Å². The standard InChI is InChI=1S/C20H38O2/c1-3-4-5-6-7-8-9-10-11-12-13-14-15-16-17-18-20(19-21)22-2/h10-11,19-20H,3-9,12-18H2,1-2H3/b11-10-. The quantitative estimate of drug-likeness (QED) is 0.181. The summed E-state index contributed by atoms with van der Waals surface area (Å²) in [4.78, 5) is 10.6. The fourth-order valence-corrected chi connectivity index (χ4v) is 2.66. The summed E-state index contributed by atoms with van der Waals surface area (Å²) in [6.07, 6.45) is 23.3. The van der Waals surface area contributed by atoms with Crippen LogP contribution in [0.4, 0.5) is 0 Å². The van der Waals surface area contributed by atoms with E-state index in [-0.39, 0.29) is 6.10 Å². The van der Waals surface area contributed by atoms with Gasteiger partial charge >= 0.3 is 0 Å². The van der Waals surface area contributed by atoms with Crippen LogP contribution in [0.25, 0.3) is 0 Å². The van der Waals surface area contributed by atoms with Crippen molar-refractivity contribution in [3.05, 3.63) is 12.2 Å². The summed E-state index contributed by atoms with van der Waals surface area (Å²) in [5.41, 5.74) is 0. The van der Waals surface area contributed by atoms with E-state index in [1.165, 1.54) is 77.0 Å². The van der Waals surface area contributed by atoms with Crippen LogP contribution in [0.5, 0.6) is 0 Å². The first-order chi connectivity index (χ1) is 10.8. The van der Waals surface area contributed by atoms with Crippen molar-refractivity contribution in [3.8, 4) is 0 Å². The summed E-state index contributed by atoms with van der Waals surface area (Å²) in [5.74, 6) is 0. The molecule has 1 atom stereocenters. The van der Waals surface area contributed by atoms with Crippen LogP contribution in [0.15, 0.2) is 12.2 Å². The summed E-state index contributed by atoms with van der Waals surface area (Å²) in [6, 6.07) is 0. The van der Waals surface area contributed by atoms with Crippen LogP contribution in [-0.2, 0) is 9.53 Å². The lowest BCUT2D eigenvalue weighted by Crippen LogP contribution is -2.11. The second kappa shape index (κ2) is 18.4. The first kappa shape index (κ1) is 21.4. The Morgan fingerprint density at radius 3 is 1.77 bits per heavy atom. The summed E-state index contributed by atoms with van der Waals surface area (Å²) in [7, 11) is 1.61. The Morgan fingerprint density at radius 1 is 0.773 bits per heavy atom. The van der Waals surface area contributed by atoms with Crippen LogP contribution in [0.1, 0.15) is 96.8 Å². The van der Waals surface area contributed by atoms with Gasteiger partial charge in [-0.25, -0.2) is 0 Å². The monoisotopic (exact) mass is 310 g/mol. The molecule has 0 spiro atoms. The van der Waals surface area contributed by atoms with Crippen LogP contribution in [0, 0.1) is 0 Å². The van der Waals surface area contributed by atoms with Gasteiger partial charge in [-0.3, -0.25) is 0 Å². The molecular weight excluding hydrogens is 272 g/mol. The van der Waals surface area contributed by atoms with E-state index in [1.54, 1.807) is 7.11 Å². The molecule has 0 saturated heterocycles. The maximum Gasteiger partial charge on any atom is 0.148 e. The zero-order valence-electron chi connectivity index (χ0n) is 15.0. The molecular formula is C20H38O2. The minimum atomic E-state index is -0.190. The van der Waals surface area contributed by atoms with Crippen molar-refractivity contribution >= 4 is 6.29 Å². The zero-order chi connectivity index (χ0) is 16.3. The van der Waals surface area contributed by atoms with E-state index < -0.39 is 0 Å². The Kier molecular flexibility index (Phi) is 17.9. The largest absolute Gasteiger partial charge is 0.374 e. The summed E-state index contributed by atoms with van der Waals surface area (Å²) in [6.45, 7) is 2.27. The SMILES string of the molecule is CCCCCCCC/C=C\CCCCCCCC(C=O)OC. The Balaban J connectivity index is 3.15. The van der Waals surface area contributed by atoms with Crippen LogP contribution >= 0.6 is 0 Å². The van der Waals surface area contributed by atoms with Gasteiger partial charge in [0.05, 0.1) is 0 Å². The van der Waals surface area contributed by atoms with Gasteiger partial charge in [0, 0.05) is 7.11 Å². The highest BCUT2D eigenvalue weighted by atomic mass is 16.5. The third-order valence-electron chi connectivity index (χ3n) is 4.20. The van der Waals surface area contributed by atoms with Crippen molar-refractivity contribution in [1.82, 2.24) is 0 Å². The Hall–Kier alpha value is -0.630. The normalized spacial score (nSPS) is 12.8. The van der Waals surface area contributed by atoms with Crippen LogP contribution < -0.4 is 0 Å². The van der Waals surface area contributed by atoms with Gasteiger partial charge in [0.1, 0.15) is 12.4 Å². The highest BCUT2D eigenvalue weighted by Crippen LogP contribution is 2.10. The number of allylic oxidation sites excluding steroid dienone is 2. The van der Waals surface area contributed by atoms with E-state index in [1.807, 2.05) is 0 Å². The van der Waals surface area contributed by atoms with E-state index in [0.717, 1.165) is 19.1 Å². The van der Waals surface area contributed by atoms with Gasteiger partial charge in [-0.2, -0.15) is 0 Å². The third kappa shape index (κ3) is 15.8. The van der Waals surface area contributed by atoms with Gasteiger partial charge in [-0.05, 0) is 32.1 Å². The van der Waals surface area contributed by atoms with Gasteiger partial charge in [-0.15, -0.1) is 0 Å². The molecule has 0 aliphatic rings. The smallest absolute Gasteiger partial charge is 0.148 e. The molecule has 0 heterocycles. The first-order valence-electron chi connectivity index (χ1n) is 9.48. The highest BCUT2D eigenvalue weighted by Gasteiger charge is 2.03. The van der Waals surface area contributed by atoms with Gasteiger partial charge in [0.25, 0.3) is 0 Å². The van der Waals surface area contributed by atoms with Crippen molar-refractivity contribution < 1.29 is 9.53 Å². The third-order valence-corrected chi connectivity index (χ3v) is 4.20. The van der Waals surface area contributed by atoms with Crippen molar-refractivity contribution in [2.24, 2.45) is 0 Å².